The van der Waals surface area contributed by atoms with Gasteiger partial charge >= 0.3 is 0 Å². The number of nitrogens with one attached hydrogen (secondary N) is 2. The van der Waals surface area contributed by atoms with Gasteiger partial charge in [-0.1, -0.05) is 37.3 Å². The molecule has 0 bridgehead atoms. The summed E-state index contributed by atoms with van der Waals surface area (Å²) in [6, 6.07) is 11.2. The fourth-order valence-electron chi connectivity index (χ4n) is 3.24. The van der Waals surface area contributed by atoms with E-state index in [1.165, 1.54) is 10.5 Å². The summed E-state index contributed by atoms with van der Waals surface area (Å²) in [5, 5.41) is 14.7. The Labute approximate surface area is 170 Å². The average molecular weight is 394 g/mol. The minimum absolute atomic E-state index is 0.131. The van der Waals surface area contributed by atoms with Crippen LogP contribution in [-0.2, 0) is 22.6 Å². The Balaban J connectivity index is 1.51. The van der Waals surface area contributed by atoms with Gasteiger partial charge in [0, 0.05) is 25.9 Å². The second kappa shape index (κ2) is 9.27. The lowest BCUT2D eigenvalue weighted by molar-refractivity contribution is -0.124. The highest BCUT2D eigenvalue weighted by molar-refractivity contribution is 6.38. The number of hydrogen-bond acceptors (Lipinski definition) is 4. The molecule has 0 spiro atoms. The third kappa shape index (κ3) is 5.16. The number of fused-ring (bicyclic) bond motifs is 1. The van der Waals surface area contributed by atoms with E-state index in [9.17, 15) is 9.59 Å². The number of amidine groups is 1. The highest BCUT2D eigenvalue weighted by Crippen LogP contribution is 2.18. The summed E-state index contributed by atoms with van der Waals surface area (Å²) < 4.78 is 1.72. The molecule has 0 radical (unpaired) electrons. The molecule has 8 heteroatoms. The first-order valence-electron chi connectivity index (χ1n) is 9.72. The van der Waals surface area contributed by atoms with Crippen LogP contribution in [0.25, 0.3) is 0 Å². The first kappa shape index (κ1) is 20.4. The maximum absolute atomic E-state index is 12.6. The summed E-state index contributed by atoms with van der Waals surface area (Å²) in [4.78, 5) is 30.4. The lowest BCUT2D eigenvalue weighted by Crippen LogP contribution is -2.48. The van der Waals surface area contributed by atoms with Gasteiger partial charge in [0.15, 0.2) is 0 Å². The van der Waals surface area contributed by atoms with E-state index in [0.29, 0.717) is 18.8 Å². The van der Waals surface area contributed by atoms with Crippen molar-refractivity contribution in [2.75, 3.05) is 11.9 Å². The SMILES string of the molecule is C[C@H](/C=N/C(=N)C(=O)N[C@H]1CCn2nccc2N(C)C1=O)CCc1ccccc1. The van der Waals surface area contributed by atoms with Gasteiger partial charge in [0.1, 0.15) is 11.9 Å². The van der Waals surface area contributed by atoms with Crippen LogP contribution in [-0.4, -0.2) is 46.7 Å². The Kier molecular flexibility index (Phi) is 6.54. The van der Waals surface area contributed by atoms with Gasteiger partial charge in [-0.15, -0.1) is 0 Å². The van der Waals surface area contributed by atoms with E-state index in [1.54, 1.807) is 30.2 Å². The quantitative estimate of drug-likeness (QED) is 0.599. The van der Waals surface area contributed by atoms with Crippen LogP contribution in [0, 0.1) is 11.3 Å². The van der Waals surface area contributed by atoms with Gasteiger partial charge in [0.05, 0.1) is 6.20 Å². The molecule has 8 nitrogen and oxygen atoms in total. The van der Waals surface area contributed by atoms with E-state index in [4.69, 9.17) is 5.41 Å². The van der Waals surface area contributed by atoms with Gasteiger partial charge in [-0.3, -0.25) is 19.9 Å². The highest BCUT2D eigenvalue weighted by Gasteiger charge is 2.30. The van der Waals surface area contributed by atoms with Crippen LogP contribution in [0.2, 0.25) is 0 Å². The molecule has 1 aromatic carbocycles. The normalized spacial score (nSPS) is 17.7. The Morgan fingerprint density at radius 3 is 2.90 bits per heavy atom. The minimum Gasteiger partial charge on any atom is -0.337 e. The molecule has 0 fully saturated rings. The van der Waals surface area contributed by atoms with Crippen molar-refractivity contribution in [1.82, 2.24) is 15.1 Å². The predicted octanol–water partition coefficient (Wildman–Crippen LogP) is 2.05. The number of nitrogens with zero attached hydrogens (tertiary/aromatic N) is 4. The van der Waals surface area contributed by atoms with Gasteiger partial charge in [-0.05, 0) is 30.7 Å². The largest absolute Gasteiger partial charge is 0.337 e. The zero-order valence-electron chi connectivity index (χ0n) is 16.7. The number of aromatic nitrogens is 2. The molecule has 2 aromatic rings. The van der Waals surface area contributed by atoms with E-state index in [2.05, 4.69) is 27.5 Å². The number of aliphatic imine (C=N–C) groups is 1. The summed E-state index contributed by atoms with van der Waals surface area (Å²) in [5.74, 6) is -0.458. The number of aryl methyl sites for hydroxylation is 2. The first-order chi connectivity index (χ1) is 14.0. The Morgan fingerprint density at radius 2 is 2.14 bits per heavy atom. The monoisotopic (exact) mass is 394 g/mol. The zero-order chi connectivity index (χ0) is 20.8. The van der Waals surface area contributed by atoms with E-state index < -0.39 is 17.8 Å². The van der Waals surface area contributed by atoms with Crippen LogP contribution in [0.5, 0.6) is 0 Å². The summed E-state index contributed by atoms with van der Waals surface area (Å²) >= 11 is 0. The van der Waals surface area contributed by atoms with Crippen LogP contribution < -0.4 is 10.2 Å². The summed E-state index contributed by atoms with van der Waals surface area (Å²) in [6.45, 7) is 2.51. The van der Waals surface area contributed by atoms with Crippen LogP contribution in [0.1, 0.15) is 25.3 Å². The second-order valence-electron chi connectivity index (χ2n) is 7.25. The molecule has 1 aliphatic rings. The summed E-state index contributed by atoms with van der Waals surface area (Å²) in [6.07, 6.45) is 5.46. The third-order valence-electron chi connectivity index (χ3n) is 5.01. The highest BCUT2D eigenvalue weighted by atomic mass is 16.2. The molecule has 2 heterocycles. The molecule has 152 valence electrons. The molecular weight excluding hydrogens is 368 g/mol. The first-order valence-corrected chi connectivity index (χ1v) is 9.72. The molecule has 0 unspecified atom stereocenters. The van der Waals surface area contributed by atoms with Gasteiger partial charge in [0.2, 0.25) is 5.84 Å². The minimum atomic E-state index is -0.708. The molecule has 0 aliphatic carbocycles. The molecule has 0 saturated heterocycles. The standard InChI is InChI=1S/C21H26N6O2/c1-15(8-9-16-6-4-3-5-7-16)14-23-19(22)20(28)25-17-11-13-27-18(10-12-24-27)26(2)21(17)29/h3-7,10,12,14-15,17,22H,8-9,11,13H2,1-2H3,(H,25,28)/b22-19?,23-14+/t15-,17-/m0/s1. The van der Waals surface area contributed by atoms with Crippen molar-refractivity contribution < 1.29 is 9.59 Å². The molecule has 1 aliphatic heterocycles. The summed E-state index contributed by atoms with van der Waals surface area (Å²) in [5.41, 5.74) is 1.25. The maximum atomic E-state index is 12.6. The van der Waals surface area contributed by atoms with E-state index >= 15 is 0 Å². The van der Waals surface area contributed by atoms with Gasteiger partial charge in [0.25, 0.3) is 11.8 Å². The smallest absolute Gasteiger partial charge is 0.289 e. The molecule has 0 saturated carbocycles. The zero-order valence-corrected chi connectivity index (χ0v) is 16.7. The number of amides is 2. The van der Waals surface area contributed by atoms with Gasteiger partial charge < -0.3 is 5.32 Å². The topological polar surface area (TPSA) is 103 Å². The van der Waals surface area contributed by atoms with Crippen molar-refractivity contribution in [1.29, 1.82) is 5.41 Å². The van der Waals surface area contributed by atoms with Crippen LogP contribution in [0.4, 0.5) is 5.82 Å². The number of carbonyl (C=O) groups excluding carboxylic acids is 2. The van der Waals surface area contributed by atoms with Crippen molar-refractivity contribution in [2.24, 2.45) is 10.9 Å². The second-order valence-corrected chi connectivity index (χ2v) is 7.25. The van der Waals surface area contributed by atoms with E-state index in [-0.39, 0.29) is 11.8 Å². The number of benzene rings is 1. The van der Waals surface area contributed by atoms with Gasteiger partial charge in [-0.2, -0.15) is 5.10 Å². The Bertz CT molecular complexity index is 905. The van der Waals surface area contributed by atoms with Crippen molar-refractivity contribution in [3.05, 3.63) is 48.2 Å². The van der Waals surface area contributed by atoms with Crippen LogP contribution >= 0.6 is 0 Å². The number of likely N-dealkylation sites (N-methyl/N-ethyl adjacent to an activating group) is 1. The fraction of sp³-hybridized carbons (Fsp3) is 0.381. The molecule has 3 rings (SSSR count). The molecular formula is C21H26N6O2. The number of hydrogen-bond donors (Lipinski definition) is 2. The molecule has 29 heavy (non-hydrogen) atoms. The van der Waals surface area contributed by atoms with Crippen molar-refractivity contribution in [3.63, 3.8) is 0 Å². The van der Waals surface area contributed by atoms with E-state index in [1.807, 2.05) is 25.1 Å². The Hall–Kier alpha value is -3.29. The fourth-order valence-corrected chi connectivity index (χ4v) is 3.24. The van der Waals surface area contributed by atoms with E-state index in [0.717, 1.165) is 12.8 Å². The number of rotatable bonds is 5. The number of carbonyl (C=O) groups is 2. The van der Waals surface area contributed by atoms with Crippen molar-refractivity contribution in [3.8, 4) is 0 Å². The number of anilines is 1. The van der Waals surface area contributed by atoms with Crippen LogP contribution in [0.3, 0.4) is 0 Å². The van der Waals surface area contributed by atoms with Crippen molar-refractivity contribution >= 4 is 29.7 Å². The van der Waals surface area contributed by atoms with Crippen LogP contribution in [0.15, 0.2) is 47.6 Å². The maximum Gasteiger partial charge on any atom is 0.289 e. The van der Waals surface area contributed by atoms with Gasteiger partial charge in [-0.25, -0.2) is 9.67 Å². The summed E-state index contributed by atoms with van der Waals surface area (Å²) in [7, 11) is 1.65. The molecule has 2 atom stereocenters. The van der Waals surface area contributed by atoms with Crippen molar-refractivity contribution in [2.45, 2.75) is 38.8 Å². The third-order valence-corrected chi connectivity index (χ3v) is 5.01. The lowest BCUT2D eigenvalue weighted by Gasteiger charge is -2.20. The molecule has 2 N–H and O–H groups in total. The lowest BCUT2D eigenvalue weighted by atomic mass is 10.0. The predicted molar refractivity (Wildman–Crippen MR) is 112 cm³/mol. The molecule has 2 amide bonds. The molecule has 1 aromatic heterocycles. The Morgan fingerprint density at radius 1 is 1.38 bits per heavy atom. The average Bonchev–Trinajstić information content (AvgIpc) is 3.17.